The van der Waals surface area contributed by atoms with Crippen LogP contribution in [0.25, 0.3) is 10.7 Å². The smallest absolute Gasteiger partial charge is 0.270 e. The Bertz CT molecular complexity index is 690. The number of nitrogens with zero attached hydrogens (tertiary/aromatic N) is 2. The SMILES string of the molecule is NCCCCNCCCNC(=O)c1csc(-c2nc(CCN)sc2Cl)n1. The summed E-state index contributed by atoms with van der Waals surface area (Å²) in [5, 5.41) is 9.48. The minimum Gasteiger partial charge on any atom is -0.351 e. The molecule has 0 atom stereocenters. The number of thiazole rings is 2. The van der Waals surface area contributed by atoms with Crippen LogP contribution in [0.15, 0.2) is 5.38 Å². The first-order valence-corrected chi connectivity index (χ1v) is 10.7. The van der Waals surface area contributed by atoms with E-state index in [9.17, 15) is 4.79 Å². The zero-order chi connectivity index (χ0) is 18.8. The van der Waals surface area contributed by atoms with Gasteiger partial charge in [-0.2, -0.15) is 0 Å². The fraction of sp³-hybridized carbons (Fsp3) is 0.562. The van der Waals surface area contributed by atoms with Crippen LogP contribution < -0.4 is 22.1 Å². The number of aromatic nitrogens is 2. The van der Waals surface area contributed by atoms with Crippen LogP contribution in [0.4, 0.5) is 0 Å². The average molecular weight is 417 g/mol. The van der Waals surface area contributed by atoms with Crippen LogP contribution in [0.5, 0.6) is 0 Å². The number of carbonyl (C=O) groups excluding carboxylic acids is 1. The Morgan fingerprint density at radius 3 is 2.69 bits per heavy atom. The fourth-order valence-electron chi connectivity index (χ4n) is 2.22. The van der Waals surface area contributed by atoms with E-state index >= 15 is 0 Å². The number of hydrogen-bond donors (Lipinski definition) is 4. The van der Waals surface area contributed by atoms with Crippen molar-refractivity contribution in [2.45, 2.75) is 25.7 Å². The minimum absolute atomic E-state index is 0.177. The molecule has 26 heavy (non-hydrogen) atoms. The molecule has 144 valence electrons. The van der Waals surface area contributed by atoms with Crippen molar-refractivity contribution in [3.8, 4) is 10.7 Å². The van der Waals surface area contributed by atoms with Crippen LogP contribution in [0.3, 0.4) is 0 Å². The number of halogens is 1. The third-order valence-electron chi connectivity index (χ3n) is 3.55. The molecule has 7 nitrogen and oxygen atoms in total. The van der Waals surface area contributed by atoms with Gasteiger partial charge in [0.1, 0.15) is 20.7 Å². The predicted octanol–water partition coefficient (Wildman–Crippen LogP) is 1.87. The third kappa shape index (κ3) is 6.57. The highest BCUT2D eigenvalue weighted by molar-refractivity contribution is 7.17. The molecule has 0 aliphatic carbocycles. The summed E-state index contributed by atoms with van der Waals surface area (Å²) in [6.07, 6.45) is 3.67. The van der Waals surface area contributed by atoms with Gasteiger partial charge in [-0.3, -0.25) is 4.79 Å². The minimum atomic E-state index is -0.177. The molecule has 0 saturated carbocycles. The summed E-state index contributed by atoms with van der Waals surface area (Å²) in [5.74, 6) is -0.177. The first-order valence-electron chi connectivity index (χ1n) is 8.65. The lowest BCUT2D eigenvalue weighted by atomic mass is 10.3. The monoisotopic (exact) mass is 416 g/mol. The van der Waals surface area contributed by atoms with Crippen molar-refractivity contribution in [2.24, 2.45) is 11.5 Å². The lowest BCUT2D eigenvalue weighted by molar-refractivity contribution is 0.0949. The van der Waals surface area contributed by atoms with Gasteiger partial charge in [0.15, 0.2) is 0 Å². The molecule has 0 radical (unpaired) electrons. The van der Waals surface area contributed by atoms with Crippen molar-refractivity contribution in [3.05, 3.63) is 20.4 Å². The van der Waals surface area contributed by atoms with Crippen LogP contribution >= 0.6 is 34.3 Å². The van der Waals surface area contributed by atoms with E-state index in [0.717, 1.165) is 43.9 Å². The van der Waals surface area contributed by atoms with E-state index in [4.69, 9.17) is 23.1 Å². The van der Waals surface area contributed by atoms with Crippen LogP contribution in [-0.2, 0) is 6.42 Å². The normalized spacial score (nSPS) is 11.0. The number of hydrogen-bond acceptors (Lipinski definition) is 8. The molecule has 0 fully saturated rings. The number of nitrogens with one attached hydrogen (secondary N) is 2. The molecular formula is C16H25ClN6OS2. The number of unbranched alkanes of at least 4 members (excludes halogenated alkanes) is 1. The van der Waals surface area contributed by atoms with Gasteiger partial charge >= 0.3 is 0 Å². The van der Waals surface area contributed by atoms with Crippen molar-refractivity contribution < 1.29 is 4.79 Å². The van der Waals surface area contributed by atoms with E-state index in [-0.39, 0.29) is 5.91 Å². The summed E-state index contributed by atoms with van der Waals surface area (Å²) in [5.41, 5.74) is 12.0. The van der Waals surface area contributed by atoms with Gasteiger partial charge in [-0.1, -0.05) is 11.6 Å². The van der Waals surface area contributed by atoms with Crippen molar-refractivity contribution in [1.29, 1.82) is 0 Å². The Morgan fingerprint density at radius 2 is 1.92 bits per heavy atom. The predicted molar refractivity (Wildman–Crippen MR) is 109 cm³/mol. The zero-order valence-electron chi connectivity index (χ0n) is 14.6. The number of nitrogens with two attached hydrogens (primary N) is 2. The number of carbonyl (C=O) groups is 1. The van der Waals surface area contributed by atoms with Crippen molar-refractivity contribution in [3.63, 3.8) is 0 Å². The molecule has 0 aromatic carbocycles. The first kappa shape index (κ1) is 21.2. The summed E-state index contributed by atoms with van der Waals surface area (Å²) in [6, 6.07) is 0. The summed E-state index contributed by atoms with van der Waals surface area (Å²) >= 11 is 9.00. The molecule has 6 N–H and O–H groups in total. The van der Waals surface area contributed by atoms with Gasteiger partial charge in [0.25, 0.3) is 5.91 Å². The Morgan fingerprint density at radius 1 is 1.12 bits per heavy atom. The highest BCUT2D eigenvalue weighted by Gasteiger charge is 2.17. The van der Waals surface area contributed by atoms with E-state index in [0.29, 0.717) is 40.2 Å². The molecule has 0 bridgehead atoms. The molecule has 0 aliphatic rings. The van der Waals surface area contributed by atoms with Crippen molar-refractivity contribution in [2.75, 3.05) is 32.7 Å². The highest BCUT2D eigenvalue weighted by Crippen LogP contribution is 2.34. The van der Waals surface area contributed by atoms with Gasteiger partial charge in [-0.05, 0) is 45.4 Å². The fourth-order valence-corrected chi connectivity index (χ4v) is 4.33. The summed E-state index contributed by atoms with van der Waals surface area (Å²) in [4.78, 5) is 21.0. The molecule has 0 spiro atoms. The van der Waals surface area contributed by atoms with Crippen molar-refractivity contribution in [1.82, 2.24) is 20.6 Å². The van der Waals surface area contributed by atoms with Gasteiger partial charge in [0, 0.05) is 18.3 Å². The maximum atomic E-state index is 12.2. The molecule has 2 heterocycles. The first-order chi connectivity index (χ1) is 12.7. The highest BCUT2D eigenvalue weighted by atomic mass is 35.5. The van der Waals surface area contributed by atoms with Crippen LogP contribution in [-0.4, -0.2) is 48.6 Å². The quantitative estimate of drug-likeness (QED) is 0.392. The summed E-state index contributed by atoms with van der Waals surface area (Å²) in [7, 11) is 0. The lowest BCUT2D eigenvalue weighted by Crippen LogP contribution is -2.28. The molecule has 2 aromatic heterocycles. The topological polar surface area (TPSA) is 119 Å². The Labute approximate surface area is 166 Å². The Kier molecular flexibility index (Phi) is 9.44. The number of rotatable bonds is 12. The molecule has 0 unspecified atom stereocenters. The van der Waals surface area contributed by atoms with Gasteiger partial charge in [0.05, 0.1) is 5.01 Å². The van der Waals surface area contributed by atoms with Gasteiger partial charge in [0.2, 0.25) is 0 Å². The molecule has 2 rings (SSSR count). The van der Waals surface area contributed by atoms with E-state index < -0.39 is 0 Å². The van der Waals surface area contributed by atoms with Gasteiger partial charge in [-0.25, -0.2) is 9.97 Å². The third-order valence-corrected chi connectivity index (χ3v) is 5.71. The average Bonchev–Trinajstić information content (AvgIpc) is 3.24. The summed E-state index contributed by atoms with van der Waals surface area (Å²) in [6.45, 7) is 3.69. The maximum absolute atomic E-state index is 12.2. The van der Waals surface area contributed by atoms with Crippen LogP contribution in [0, 0.1) is 0 Å². The second kappa shape index (κ2) is 11.6. The molecular weight excluding hydrogens is 392 g/mol. The van der Waals surface area contributed by atoms with Crippen LogP contribution in [0.2, 0.25) is 4.34 Å². The van der Waals surface area contributed by atoms with E-state index in [1.807, 2.05) is 0 Å². The standard InChI is InChI=1S/C16H25ClN6OS2/c17-14-13(23-12(26-14)4-6-19)16-22-11(10-25-16)15(24)21-9-3-8-20-7-2-1-5-18/h10,20H,1-9,18-19H2,(H,21,24). The van der Waals surface area contributed by atoms with Gasteiger partial charge < -0.3 is 22.1 Å². The molecule has 0 saturated heterocycles. The Hall–Kier alpha value is -1.10. The molecule has 10 heteroatoms. The Balaban J connectivity index is 1.77. The van der Waals surface area contributed by atoms with Gasteiger partial charge in [-0.15, -0.1) is 22.7 Å². The molecule has 1 amide bonds. The molecule has 0 aliphatic heterocycles. The number of amides is 1. The van der Waals surface area contributed by atoms with E-state index in [2.05, 4.69) is 20.6 Å². The second-order valence-corrected chi connectivity index (χ2v) is 8.21. The van der Waals surface area contributed by atoms with E-state index in [1.165, 1.54) is 22.7 Å². The second-order valence-electron chi connectivity index (χ2n) is 5.66. The largest absolute Gasteiger partial charge is 0.351 e. The maximum Gasteiger partial charge on any atom is 0.270 e. The van der Waals surface area contributed by atoms with E-state index in [1.54, 1.807) is 5.38 Å². The zero-order valence-corrected chi connectivity index (χ0v) is 17.0. The van der Waals surface area contributed by atoms with Crippen molar-refractivity contribution >= 4 is 40.2 Å². The lowest BCUT2D eigenvalue weighted by Gasteiger charge is -2.05. The molecule has 2 aromatic rings. The summed E-state index contributed by atoms with van der Waals surface area (Å²) < 4.78 is 0.579. The van der Waals surface area contributed by atoms with Crippen LogP contribution in [0.1, 0.15) is 34.8 Å².